The first-order valence-electron chi connectivity index (χ1n) is 8.92. The third-order valence-corrected chi connectivity index (χ3v) is 6.13. The van der Waals surface area contributed by atoms with Gasteiger partial charge in [0.05, 0.1) is 16.8 Å². The minimum atomic E-state index is -0.180. The summed E-state index contributed by atoms with van der Waals surface area (Å²) in [7, 11) is 5.50. The van der Waals surface area contributed by atoms with Gasteiger partial charge in [-0.15, -0.1) is 0 Å². The largest absolute Gasteiger partial charge is 0.494 e. The molecule has 0 spiro atoms. The van der Waals surface area contributed by atoms with Gasteiger partial charge in [0, 0.05) is 24.2 Å². The topological polar surface area (TPSA) is 45.7 Å². The number of methoxy groups -OCH3 is 1. The van der Waals surface area contributed by atoms with E-state index in [-0.39, 0.29) is 5.91 Å². The van der Waals surface area contributed by atoms with Gasteiger partial charge in [-0.1, -0.05) is 52.7 Å². The molecule has 0 fully saturated rings. The zero-order chi connectivity index (χ0) is 21.0. The van der Waals surface area contributed by atoms with E-state index in [0.29, 0.717) is 39.5 Å². The second-order valence-electron chi connectivity index (χ2n) is 6.57. The molecular weight excluding hydrogens is 429 g/mol. The summed E-state index contributed by atoms with van der Waals surface area (Å²) in [6.07, 6.45) is 3.23. The summed E-state index contributed by atoms with van der Waals surface area (Å²) in [5.41, 5.74) is 1.43. The van der Waals surface area contributed by atoms with E-state index in [4.69, 9.17) is 27.9 Å². The molecule has 0 bridgehead atoms. The highest BCUT2D eigenvalue weighted by molar-refractivity contribution is 7.23. The third-order valence-electron chi connectivity index (χ3n) is 4.25. The number of thiazole rings is 1. The van der Waals surface area contributed by atoms with Gasteiger partial charge in [-0.3, -0.25) is 9.69 Å². The molecule has 1 aromatic heterocycles. The first-order chi connectivity index (χ1) is 13.9. The van der Waals surface area contributed by atoms with E-state index in [0.717, 1.165) is 10.3 Å². The molecule has 3 rings (SSSR count). The summed E-state index contributed by atoms with van der Waals surface area (Å²) in [6, 6.07) is 10.9. The van der Waals surface area contributed by atoms with Crippen LogP contribution in [-0.4, -0.2) is 50.1 Å². The molecule has 0 aliphatic carbocycles. The van der Waals surface area contributed by atoms with Crippen molar-refractivity contribution in [2.24, 2.45) is 0 Å². The zero-order valence-corrected chi connectivity index (χ0v) is 18.7. The Labute approximate surface area is 184 Å². The lowest BCUT2D eigenvalue weighted by atomic mass is 10.2. The number of aromatic nitrogens is 1. The smallest absolute Gasteiger partial charge is 0.252 e. The number of rotatable bonds is 7. The number of benzene rings is 2. The van der Waals surface area contributed by atoms with Crippen molar-refractivity contribution < 1.29 is 9.53 Å². The average Bonchev–Trinajstić information content (AvgIpc) is 3.13. The Morgan fingerprint density at radius 3 is 2.59 bits per heavy atom. The summed E-state index contributed by atoms with van der Waals surface area (Å²) >= 11 is 13.9. The van der Waals surface area contributed by atoms with Gasteiger partial charge >= 0.3 is 0 Å². The number of fused-ring (bicyclic) bond motifs is 1. The number of amides is 1. The number of nitrogens with zero attached hydrogens (tertiary/aromatic N) is 3. The van der Waals surface area contributed by atoms with Crippen molar-refractivity contribution in [1.82, 2.24) is 9.88 Å². The zero-order valence-electron chi connectivity index (χ0n) is 16.4. The molecule has 0 aliphatic rings. The van der Waals surface area contributed by atoms with Crippen LogP contribution in [0.1, 0.15) is 5.56 Å². The molecule has 0 unspecified atom stereocenters. The van der Waals surface area contributed by atoms with Gasteiger partial charge in [-0.2, -0.15) is 0 Å². The number of hydrogen-bond acceptors (Lipinski definition) is 5. The molecule has 29 heavy (non-hydrogen) atoms. The molecule has 1 heterocycles. The summed E-state index contributed by atoms with van der Waals surface area (Å²) in [5, 5.41) is 1.74. The van der Waals surface area contributed by atoms with Crippen molar-refractivity contribution in [2.75, 3.05) is 39.2 Å². The van der Waals surface area contributed by atoms with Crippen LogP contribution in [0.25, 0.3) is 16.3 Å². The van der Waals surface area contributed by atoms with Gasteiger partial charge in [0.2, 0.25) is 0 Å². The molecule has 152 valence electrons. The molecule has 3 aromatic rings. The standard InChI is InChI=1S/C21H21Cl2N3O2S/c1-25(2)12-13-26(18(27)11-8-14-6-4-5-7-15(14)22)21-24-19-17(28-3)10-9-16(23)20(19)29-21/h4-11H,12-13H2,1-3H3/b11-8+. The van der Waals surface area contributed by atoms with Crippen molar-refractivity contribution in [3.63, 3.8) is 0 Å². The van der Waals surface area contributed by atoms with E-state index in [1.54, 1.807) is 36.3 Å². The number of carbonyl (C=O) groups is 1. The molecule has 8 heteroatoms. The maximum Gasteiger partial charge on any atom is 0.252 e. The maximum atomic E-state index is 13.0. The highest BCUT2D eigenvalue weighted by atomic mass is 35.5. The van der Waals surface area contributed by atoms with Gasteiger partial charge < -0.3 is 9.64 Å². The van der Waals surface area contributed by atoms with Crippen molar-refractivity contribution in [2.45, 2.75) is 0 Å². The van der Waals surface area contributed by atoms with Gasteiger partial charge in [0.15, 0.2) is 5.13 Å². The third kappa shape index (κ3) is 5.08. The lowest BCUT2D eigenvalue weighted by Gasteiger charge is -2.20. The summed E-state index contributed by atoms with van der Waals surface area (Å²) in [5.74, 6) is 0.444. The van der Waals surface area contributed by atoms with Crippen LogP contribution in [-0.2, 0) is 4.79 Å². The lowest BCUT2D eigenvalue weighted by Crippen LogP contribution is -2.35. The van der Waals surface area contributed by atoms with Gasteiger partial charge in [0.25, 0.3) is 5.91 Å². The van der Waals surface area contributed by atoms with E-state index >= 15 is 0 Å². The Morgan fingerprint density at radius 2 is 1.90 bits per heavy atom. The minimum absolute atomic E-state index is 0.180. The summed E-state index contributed by atoms with van der Waals surface area (Å²) < 4.78 is 6.19. The maximum absolute atomic E-state index is 13.0. The fourth-order valence-electron chi connectivity index (χ4n) is 2.68. The van der Waals surface area contributed by atoms with Crippen molar-refractivity contribution in [3.8, 4) is 5.75 Å². The molecule has 0 radical (unpaired) electrons. The Kier molecular flexibility index (Phi) is 7.14. The molecule has 0 saturated carbocycles. The van der Waals surface area contributed by atoms with E-state index in [9.17, 15) is 4.79 Å². The normalized spacial score (nSPS) is 11.5. The molecule has 5 nitrogen and oxygen atoms in total. The second kappa shape index (κ2) is 9.59. The Bertz CT molecular complexity index is 1050. The highest BCUT2D eigenvalue weighted by Crippen LogP contribution is 2.38. The summed E-state index contributed by atoms with van der Waals surface area (Å²) in [4.78, 5) is 21.3. The fourth-order valence-corrected chi connectivity index (χ4v) is 4.17. The molecule has 0 atom stereocenters. The van der Waals surface area contributed by atoms with E-state index in [1.165, 1.54) is 17.4 Å². The van der Waals surface area contributed by atoms with Crippen LogP contribution in [0.2, 0.25) is 10.0 Å². The second-order valence-corrected chi connectivity index (χ2v) is 8.36. The van der Waals surface area contributed by atoms with Crippen LogP contribution >= 0.6 is 34.5 Å². The number of anilines is 1. The van der Waals surface area contributed by atoms with Crippen molar-refractivity contribution >= 4 is 61.9 Å². The minimum Gasteiger partial charge on any atom is -0.494 e. The predicted octanol–water partition coefficient (Wildman–Crippen LogP) is 5.22. The van der Waals surface area contributed by atoms with Crippen LogP contribution in [0.5, 0.6) is 5.75 Å². The predicted molar refractivity (Wildman–Crippen MR) is 123 cm³/mol. The van der Waals surface area contributed by atoms with Gasteiger partial charge in [-0.25, -0.2) is 4.98 Å². The fraction of sp³-hybridized carbons (Fsp3) is 0.238. The van der Waals surface area contributed by atoms with Crippen molar-refractivity contribution in [3.05, 3.63) is 58.1 Å². The van der Waals surface area contributed by atoms with Gasteiger partial charge in [0.1, 0.15) is 11.3 Å². The molecule has 1 amide bonds. The number of hydrogen-bond donors (Lipinski definition) is 0. The highest BCUT2D eigenvalue weighted by Gasteiger charge is 2.20. The van der Waals surface area contributed by atoms with Crippen LogP contribution in [0, 0.1) is 0 Å². The monoisotopic (exact) mass is 449 g/mol. The SMILES string of the molecule is COc1ccc(Cl)c2sc(N(CCN(C)C)C(=O)/C=C/c3ccccc3Cl)nc12. The molecule has 0 N–H and O–H groups in total. The number of carbonyl (C=O) groups excluding carboxylic acids is 1. The van der Waals surface area contributed by atoms with Crippen molar-refractivity contribution in [1.29, 1.82) is 0 Å². The van der Waals surface area contributed by atoms with Crippen LogP contribution in [0.3, 0.4) is 0 Å². The molecule has 2 aromatic carbocycles. The average molecular weight is 450 g/mol. The Morgan fingerprint density at radius 1 is 1.14 bits per heavy atom. The molecule has 0 aliphatic heterocycles. The van der Waals surface area contributed by atoms with Crippen LogP contribution in [0.4, 0.5) is 5.13 Å². The molecular formula is C21H21Cl2N3O2S. The van der Waals surface area contributed by atoms with Crippen LogP contribution < -0.4 is 9.64 Å². The Balaban J connectivity index is 1.97. The number of halogens is 2. The first kappa shape index (κ1) is 21.6. The van der Waals surface area contributed by atoms with E-state index in [1.807, 2.05) is 37.2 Å². The number of likely N-dealkylation sites (N-methyl/N-ethyl adjacent to an activating group) is 1. The molecule has 0 saturated heterocycles. The first-order valence-corrected chi connectivity index (χ1v) is 10.5. The van der Waals surface area contributed by atoms with Crippen LogP contribution in [0.15, 0.2) is 42.5 Å². The van der Waals surface area contributed by atoms with E-state index in [2.05, 4.69) is 4.98 Å². The number of ether oxygens (including phenoxy) is 1. The lowest BCUT2D eigenvalue weighted by molar-refractivity contribution is -0.114. The quantitative estimate of drug-likeness (QED) is 0.463. The summed E-state index contributed by atoms with van der Waals surface area (Å²) in [6.45, 7) is 1.17. The Hall–Kier alpha value is -2.12. The van der Waals surface area contributed by atoms with Gasteiger partial charge in [-0.05, 0) is 43.9 Å². The van der Waals surface area contributed by atoms with E-state index < -0.39 is 0 Å².